The number of aromatic nitrogens is 1. The third kappa shape index (κ3) is 1.82. The van der Waals surface area contributed by atoms with E-state index in [-0.39, 0.29) is 11.3 Å². The highest BCUT2D eigenvalue weighted by Gasteiger charge is 2.15. The lowest BCUT2D eigenvalue weighted by atomic mass is 10.1. The number of carboxylic acids is 1. The summed E-state index contributed by atoms with van der Waals surface area (Å²) in [6, 6.07) is 4.82. The summed E-state index contributed by atoms with van der Waals surface area (Å²) < 4.78 is 5.08. The highest BCUT2D eigenvalue weighted by atomic mass is 16.5. The van der Waals surface area contributed by atoms with Crippen LogP contribution in [0.15, 0.2) is 24.4 Å². The molecular formula is C12H9NO4. The molecule has 0 radical (unpaired) electrons. The lowest BCUT2D eigenvalue weighted by Gasteiger charge is -2.08. The van der Waals surface area contributed by atoms with Crippen molar-refractivity contribution in [3.05, 3.63) is 35.5 Å². The van der Waals surface area contributed by atoms with Gasteiger partial charge in [-0.2, -0.15) is 0 Å². The van der Waals surface area contributed by atoms with Gasteiger partial charge in [-0.1, -0.05) is 0 Å². The molecule has 0 amide bonds. The van der Waals surface area contributed by atoms with E-state index in [4.69, 9.17) is 9.84 Å². The standard InChI is InChI=1S/C12H9NO4/c1-17-11-8-4-7(6-14)2-3-10(8)13-5-9(11)12(15)16/h2-6H,1H3,(H,15,16). The molecule has 0 unspecified atom stereocenters. The number of carbonyl (C=O) groups is 2. The molecule has 1 aromatic carbocycles. The predicted molar refractivity (Wildman–Crippen MR) is 60.6 cm³/mol. The fourth-order valence-electron chi connectivity index (χ4n) is 1.63. The monoisotopic (exact) mass is 231 g/mol. The number of hydrogen-bond donors (Lipinski definition) is 1. The van der Waals surface area contributed by atoms with E-state index in [2.05, 4.69) is 4.98 Å². The predicted octanol–water partition coefficient (Wildman–Crippen LogP) is 1.75. The van der Waals surface area contributed by atoms with Crippen LogP contribution in [0.4, 0.5) is 0 Å². The molecule has 0 aliphatic rings. The number of nitrogens with zero attached hydrogens (tertiary/aromatic N) is 1. The van der Waals surface area contributed by atoms with Crippen LogP contribution in [0.5, 0.6) is 5.75 Å². The molecule has 86 valence electrons. The summed E-state index contributed by atoms with van der Waals surface area (Å²) in [5.41, 5.74) is 1.00. The topological polar surface area (TPSA) is 76.5 Å². The largest absolute Gasteiger partial charge is 0.495 e. The Morgan fingerprint density at radius 2 is 2.24 bits per heavy atom. The van der Waals surface area contributed by atoms with Crippen molar-refractivity contribution in [2.75, 3.05) is 7.11 Å². The van der Waals surface area contributed by atoms with Gasteiger partial charge in [-0.3, -0.25) is 9.78 Å². The fourth-order valence-corrected chi connectivity index (χ4v) is 1.63. The maximum Gasteiger partial charge on any atom is 0.341 e. The number of fused-ring (bicyclic) bond motifs is 1. The van der Waals surface area contributed by atoms with Crippen LogP contribution in [0.25, 0.3) is 10.9 Å². The first-order chi connectivity index (χ1) is 8.17. The van der Waals surface area contributed by atoms with Crippen molar-refractivity contribution in [1.29, 1.82) is 0 Å². The second-order valence-corrected chi connectivity index (χ2v) is 3.40. The van der Waals surface area contributed by atoms with Crippen LogP contribution in [0.1, 0.15) is 20.7 Å². The summed E-state index contributed by atoms with van der Waals surface area (Å²) in [7, 11) is 1.38. The Morgan fingerprint density at radius 1 is 1.47 bits per heavy atom. The zero-order valence-electron chi connectivity index (χ0n) is 9.01. The van der Waals surface area contributed by atoms with Gasteiger partial charge >= 0.3 is 5.97 Å². The molecule has 0 aliphatic carbocycles. The lowest BCUT2D eigenvalue weighted by Crippen LogP contribution is -2.02. The summed E-state index contributed by atoms with van der Waals surface area (Å²) in [4.78, 5) is 25.7. The van der Waals surface area contributed by atoms with Gasteiger partial charge in [0.2, 0.25) is 0 Å². The molecule has 1 heterocycles. The smallest absolute Gasteiger partial charge is 0.341 e. The average Bonchev–Trinajstić information content (AvgIpc) is 2.36. The minimum Gasteiger partial charge on any atom is -0.495 e. The minimum atomic E-state index is -1.12. The maximum atomic E-state index is 11.0. The molecule has 0 saturated carbocycles. The van der Waals surface area contributed by atoms with Gasteiger partial charge < -0.3 is 9.84 Å². The highest BCUT2D eigenvalue weighted by Crippen LogP contribution is 2.28. The Kier molecular flexibility index (Phi) is 2.74. The normalized spacial score (nSPS) is 10.2. The van der Waals surface area contributed by atoms with Gasteiger partial charge in [0.25, 0.3) is 0 Å². The molecule has 0 spiro atoms. The summed E-state index contributed by atoms with van der Waals surface area (Å²) in [6.07, 6.45) is 1.93. The second-order valence-electron chi connectivity index (χ2n) is 3.40. The zero-order valence-corrected chi connectivity index (χ0v) is 9.01. The van der Waals surface area contributed by atoms with Gasteiger partial charge in [-0.15, -0.1) is 0 Å². The maximum absolute atomic E-state index is 11.0. The molecule has 17 heavy (non-hydrogen) atoms. The van der Waals surface area contributed by atoms with E-state index in [1.54, 1.807) is 18.2 Å². The van der Waals surface area contributed by atoms with Crippen LogP contribution in [0.2, 0.25) is 0 Å². The zero-order chi connectivity index (χ0) is 12.4. The molecule has 0 aliphatic heterocycles. The molecule has 0 saturated heterocycles. The molecule has 2 aromatic rings. The van der Waals surface area contributed by atoms with Crippen molar-refractivity contribution in [3.8, 4) is 5.75 Å². The molecule has 5 heteroatoms. The first kappa shape index (κ1) is 11.1. The number of carbonyl (C=O) groups excluding carboxylic acids is 1. The molecule has 1 aromatic heterocycles. The first-order valence-electron chi connectivity index (χ1n) is 4.82. The van der Waals surface area contributed by atoms with E-state index in [1.807, 2.05) is 0 Å². The van der Waals surface area contributed by atoms with Crippen molar-refractivity contribution >= 4 is 23.2 Å². The number of aromatic carboxylic acids is 1. The SMILES string of the molecule is COc1c(C(=O)O)cnc2ccc(C=O)cc12. The van der Waals surface area contributed by atoms with E-state index >= 15 is 0 Å². The van der Waals surface area contributed by atoms with E-state index in [9.17, 15) is 9.59 Å². The molecule has 0 fully saturated rings. The quantitative estimate of drug-likeness (QED) is 0.814. The summed E-state index contributed by atoms with van der Waals surface area (Å²) in [5.74, 6) is -0.904. The van der Waals surface area contributed by atoms with Crippen molar-refractivity contribution in [3.63, 3.8) is 0 Å². The number of pyridine rings is 1. The van der Waals surface area contributed by atoms with Crippen LogP contribution in [0.3, 0.4) is 0 Å². The minimum absolute atomic E-state index is 0.0250. The number of rotatable bonds is 3. The number of hydrogen-bond acceptors (Lipinski definition) is 4. The van der Waals surface area contributed by atoms with Crippen molar-refractivity contribution in [2.24, 2.45) is 0 Å². The van der Waals surface area contributed by atoms with Gasteiger partial charge in [0, 0.05) is 17.1 Å². The van der Waals surface area contributed by atoms with Crippen LogP contribution in [-0.4, -0.2) is 29.5 Å². The number of carboxylic acid groups (broad SMARTS) is 1. The van der Waals surface area contributed by atoms with E-state index in [0.29, 0.717) is 22.8 Å². The van der Waals surface area contributed by atoms with E-state index < -0.39 is 5.97 Å². The van der Waals surface area contributed by atoms with Crippen molar-refractivity contribution in [1.82, 2.24) is 4.98 Å². The molecular weight excluding hydrogens is 222 g/mol. The molecule has 5 nitrogen and oxygen atoms in total. The van der Waals surface area contributed by atoms with Gasteiger partial charge in [0.1, 0.15) is 17.6 Å². The summed E-state index contributed by atoms with van der Waals surface area (Å²) >= 11 is 0. The first-order valence-corrected chi connectivity index (χ1v) is 4.82. The van der Waals surface area contributed by atoms with Crippen LogP contribution >= 0.6 is 0 Å². The molecule has 1 N–H and O–H groups in total. The number of aldehydes is 1. The number of benzene rings is 1. The highest BCUT2D eigenvalue weighted by molar-refractivity contribution is 6.00. The Hall–Kier alpha value is -2.43. The van der Waals surface area contributed by atoms with Crippen LogP contribution in [0, 0.1) is 0 Å². The lowest BCUT2D eigenvalue weighted by molar-refractivity contribution is 0.0693. The second kappa shape index (κ2) is 4.21. The Morgan fingerprint density at radius 3 is 2.82 bits per heavy atom. The molecule has 0 atom stereocenters. The van der Waals surface area contributed by atoms with Crippen molar-refractivity contribution in [2.45, 2.75) is 0 Å². The summed E-state index contributed by atoms with van der Waals surface area (Å²) in [6.45, 7) is 0. The average molecular weight is 231 g/mol. The third-order valence-electron chi connectivity index (χ3n) is 2.41. The Bertz CT molecular complexity index is 607. The van der Waals surface area contributed by atoms with Gasteiger partial charge in [0.15, 0.2) is 0 Å². The van der Waals surface area contributed by atoms with Crippen LogP contribution < -0.4 is 4.74 Å². The van der Waals surface area contributed by atoms with E-state index in [0.717, 1.165) is 0 Å². The van der Waals surface area contributed by atoms with Gasteiger partial charge in [-0.25, -0.2) is 4.79 Å². The number of ether oxygens (including phenoxy) is 1. The molecule has 0 bridgehead atoms. The fraction of sp³-hybridized carbons (Fsp3) is 0.0833. The Balaban J connectivity index is 2.82. The number of methoxy groups -OCH3 is 1. The van der Waals surface area contributed by atoms with E-state index in [1.165, 1.54) is 13.3 Å². The van der Waals surface area contributed by atoms with Crippen LogP contribution in [-0.2, 0) is 0 Å². The summed E-state index contributed by atoms with van der Waals surface area (Å²) in [5, 5.41) is 9.50. The van der Waals surface area contributed by atoms with Gasteiger partial charge in [0.05, 0.1) is 12.6 Å². The van der Waals surface area contributed by atoms with Crippen molar-refractivity contribution < 1.29 is 19.4 Å². The third-order valence-corrected chi connectivity index (χ3v) is 2.41. The van der Waals surface area contributed by atoms with Gasteiger partial charge in [-0.05, 0) is 18.2 Å². The molecule has 2 rings (SSSR count). The Labute approximate surface area is 96.7 Å².